The van der Waals surface area contributed by atoms with Crippen LogP contribution in [0.4, 0.5) is 0 Å². The first kappa shape index (κ1) is 14.0. The van der Waals surface area contributed by atoms with Gasteiger partial charge in [0.05, 0.1) is 18.7 Å². The van der Waals surface area contributed by atoms with Crippen LogP contribution in [0.1, 0.15) is 39.5 Å². The molecule has 0 radical (unpaired) electrons. The van der Waals surface area contributed by atoms with Gasteiger partial charge >= 0.3 is 0 Å². The summed E-state index contributed by atoms with van der Waals surface area (Å²) >= 11 is 0. The molecule has 1 atom stereocenters. The Kier molecular flexibility index (Phi) is 5.99. The molecule has 1 heterocycles. The molecule has 1 unspecified atom stereocenters. The molecule has 1 saturated heterocycles. The average molecular weight is 237 g/mol. The summed E-state index contributed by atoms with van der Waals surface area (Å²) in [6.07, 6.45) is 4.43. The Balaban J connectivity index is 2.55. The van der Waals surface area contributed by atoms with Gasteiger partial charge in [-0.05, 0) is 39.2 Å². The molecule has 96 valence electrons. The molecule has 1 rings (SSSR count). The molecule has 0 aromatic rings. The largest absolute Gasteiger partial charge is 0.341 e. The lowest BCUT2D eigenvalue weighted by Gasteiger charge is -2.33. The van der Waals surface area contributed by atoms with E-state index in [9.17, 15) is 4.79 Å². The molecule has 0 bridgehead atoms. The molecule has 0 spiro atoms. The second-order valence-corrected chi connectivity index (χ2v) is 4.69. The van der Waals surface area contributed by atoms with Crippen molar-refractivity contribution in [2.75, 3.05) is 26.2 Å². The first-order valence-corrected chi connectivity index (χ1v) is 6.60. The van der Waals surface area contributed by atoms with E-state index in [0.29, 0.717) is 6.54 Å². The van der Waals surface area contributed by atoms with E-state index in [4.69, 9.17) is 5.26 Å². The first-order valence-electron chi connectivity index (χ1n) is 6.60. The Morgan fingerprint density at radius 1 is 1.41 bits per heavy atom. The van der Waals surface area contributed by atoms with Crippen molar-refractivity contribution in [2.24, 2.45) is 0 Å². The van der Waals surface area contributed by atoms with Crippen molar-refractivity contribution in [1.29, 1.82) is 5.26 Å². The monoisotopic (exact) mass is 237 g/mol. The highest BCUT2D eigenvalue weighted by Gasteiger charge is 2.26. The smallest absolute Gasteiger partial charge is 0.239 e. The third-order valence-corrected chi connectivity index (χ3v) is 3.36. The van der Waals surface area contributed by atoms with E-state index in [1.165, 1.54) is 6.42 Å². The quantitative estimate of drug-likeness (QED) is 0.683. The van der Waals surface area contributed by atoms with Crippen molar-refractivity contribution in [3.05, 3.63) is 0 Å². The summed E-state index contributed by atoms with van der Waals surface area (Å²) in [5, 5.41) is 8.79. The number of piperidine rings is 1. The highest BCUT2D eigenvalue weighted by atomic mass is 16.2. The summed E-state index contributed by atoms with van der Waals surface area (Å²) in [4.78, 5) is 16.2. The highest BCUT2D eigenvalue weighted by Crippen LogP contribution is 2.12. The van der Waals surface area contributed by atoms with Crippen LogP contribution in [0.25, 0.3) is 0 Å². The van der Waals surface area contributed by atoms with Gasteiger partial charge in [0.1, 0.15) is 0 Å². The minimum absolute atomic E-state index is 0.160. The van der Waals surface area contributed by atoms with Crippen molar-refractivity contribution < 1.29 is 4.79 Å². The van der Waals surface area contributed by atoms with Crippen LogP contribution in [-0.4, -0.2) is 47.9 Å². The zero-order valence-corrected chi connectivity index (χ0v) is 11.0. The van der Waals surface area contributed by atoms with E-state index in [1.807, 2.05) is 16.7 Å². The van der Waals surface area contributed by atoms with Gasteiger partial charge in [0, 0.05) is 13.1 Å². The third kappa shape index (κ3) is 4.01. The lowest BCUT2D eigenvalue weighted by Crippen LogP contribution is -2.49. The number of amides is 1. The van der Waals surface area contributed by atoms with Crippen LogP contribution < -0.4 is 0 Å². The molecule has 1 aliphatic rings. The number of nitriles is 1. The Labute approximate surface area is 104 Å². The van der Waals surface area contributed by atoms with E-state index in [1.54, 1.807) is 0 Å². The van der Waals surface area contributed by atoms with Gasteiger partial charge in [0.2, 0.25) is 5.91 Å². The van der Waals surface area contributed by atoms with Crippen LogP contribution in [0.15, 0.2) is 0 Å². The van der Waals surface area contributed by atoms with E-state index in [0.717, 1.165) is 38.9 Å². The molecule has 0 aliphatic carbocycles. The number of carbonyl (C=O) groups is 1. The van der Waals surface area contributed by atoms with Crippen LogP contribution >= 0.6 is 0 Å². The number of hydrogen-bond acceptors (Lipinski definition) is 3. The number of hydrogen-bond donors (Lipinski definition) is 0. The number of likely N-dealkylation sites (tertiary alicyclic amines) is 1. The predicted octanol–water partition coefficient (Wildman–Crippen LogP) is 1.62. The molecule has 4 heteroatoms. The molecule has 0 saturated carbocycles. The minimum Gasteiger partial charge on any atom is -0.341 e. The van der Waals surface area contributed by atoms with Crippen molar-refractivity contribution in [1.82, 2.24) is 9.80 Å². The van der Waals surface area contributed by atoms with Gasteiger partial charge in [0.25, 0.3) is 0 Å². The van der Waals surface area contributed by atoms with Gasteiger partial charge < -0.3 is 4.90 Å². The van der Waals surface area contributed by atoms with E-state index in [-0.39, 0.29) is 11.9 Å². The molecule has 1 amide bonds. The molecule has 4 nitrogen and oxygen atoms in total. The van der Waals surface area contributed by atoms with Crippen LogP contribution in [0.2, 0.25) is 0 Å². The Bertz CT molecular complexity index is 279. The van der Waals surface area contributed by atoms with E-state index in [2.05, 4.69) is 13.0 Å². The second-order valence-electron chi connectivity index (χ2n) is 4.69. The Hall–Kier alpha value is -1.08. The maximum atomic E-state index is 12.3. The van der Waals surface area contributed by atoms with Gasteiger partial charge in [-0.15, -0.1) is 0 Å². The molecular weight excluding hydrogens is 214 g/mol. The van der Waals surface area contributed by atoms with Crippen molar-refractivity contribution in [3.8, 4) is 6.07 Å². The summed E-state index contributed by atoms with van der Waals surface area (Å²) in [6.45, 7) is 6.92. The molecule has 0 N–H and O–H groups in total. The average Bonchev–Trinajstić information content (AvgIpc) is 2.38. The predicted molar refractivity (Wildman–Crippen MR) is 67.4 cm³/mol. The summed E-state index contributed by atoms with van der Waals surface area (Å²) in [6, 6.07) is 1.99. The van der Waals surface area contributed by atoms with Gasteiger partial charge in [-0.25, -0.2) is 0 Å². The van der Waals surface area contributed by atoms with Crippen LogP contribution in [0.5, 0.6) is 0 Å². The fraction of sp³-hybridized carbons (Fsp3) is 0.846. The summed E-state index contributed by atoms with van der Waals surface area (Å²) in [5.41, 5.74) is 0. The number of carbonyl (C=O) groups excluding carboxylic acids is 1. The SMILES string of the molecule is CCCN(CC#N)C(C)C(=O)N1CCCCC1. The molecular formula is C13H23N3O. The number of nitrogens with zero attached hydrogens (tertiary/aromatic N) is 3. The minimum atomic E-state index is -0.160. The zero-order chi connectivity index (χ0) is 12.7. The molecule has 17 heavy (non-hydrogen) atoms. The third-order valence-electron chi connectivity index (χ3n) is 3.36. The van der Waals surface area contributed by atoms with Gasteiger partial charge in [-0.3, -0.25) is 9.69 Å². The topological polar surface area (TPSA) is 47.3 Å². The van der Waals surface area contributed by atoms with Gasteiger partial charge in [-0.2, -0.15) is 5.26 Å². The van der Waals surface area contributed by atoms with Crippen molar-refractivity contribution in [2.45, 2.75) is 45.6 Å². The second kappa shape index (κ2) is 7.29. The fourth-order valence-corrected chi connectivity index (χ4v) is 2.32. The normalized spacial score (nSPS) is 17.9. The Morgan fingerprint density at radius 2 is 2.06 bits per heavy atom. The summed E-state index contributed by atoms with van der Waals surface area (Å²) in [7, 11) is 0. The van der Waals surface area contributed by atoms with E-state index < -0.39 is 0 Å². The van der Waals surface area contributed by atoms with Gasteiger partial charge in [0.15, 0.2) is 0 Å². The fourth-order valence-electron chi connectivity index (χ4n) is 2.32. The highest BCUT2D eigenvalue weighted by molar-refractivity contribution is 5.81. The van der Waals surface area contributed by atoms with Crippen molar-refractivity contribution in [3.63, 3.8) is 0 Å². The van der Waals surface area contributed by atoms with Crippen LogP contribution in [0.3, 0.4) is 0 Å². The van der Waals surface area contributed by atoms with Crippen molar-refractivity contribution >= 4 is 5.91 Å². The summed E-state index contributed by atoms with van der Waals surface area (Å²) in [5.74, 6) is 0.188. The molecule has 1 fully saturated rings. The van der Waals surface area contributed by atoms with Gasteiger partial charge in [-0.1, -0.05) is 6.92 Å². The first-order chi connectivity index (χ1) is 8.20. The zero-order valence-electron chi connectivity index (χ0n) is 11.0. The Morgan fingerprint density at radius 3 is 2.59 bits per heavy atom. The standard InChI is InChI=1S/C13H23N3O/c1-3-8-15(11-7-14)12(2)13(17)16-9-5-4-6-10-16/h12H,3-6,8-11H2,1-2H3. The maximum absolute atomic E-state index is 12.3. The van der Waals surface area contributed by atoms with Crippen LogP contribution in [0, 0.1) is 11.3 Å². The number of rotatable bonds is 5. The molecule has 0 aromatic heterocycles. The molecule has 1 aliphatic heterocycles. The summed E-state index contributed by atoms with van der Waals surface area (Å²) < 4.78 is 0. The maximum Gasteiger partial charge on any atom is 0.239 e. The lowest BCUT2D eigenvalue weighted by atomic mass is 10.1. The lowest BCUT2D eigenvalue weighted by molar-refractivity contribution is -0.137. The van der Waals surface area contributed by atoms with Crippen LogP contribution in [-0.2, 0) is 4.79 Å². The molecule has 0 aromatic carbocycles. The van der Waals surface area contributed by atoms with E-state index >= 15 is 0 Å².